The van der Waals surface area contributed by atoms with Crippen LogP contribution in [0.15, 0.2) is 51.8 Å². The molecule has 0 fully saturated rings. The lowest BCUT2D eigenvalue weighted by Crippen LogP contribution is -2.34. The lowest BCUT2D eigenvalue weighted by Gasteiger charge is -2.16. The lowest BCUT2D eigenvalue weighted by molar-refractivity contribution is -0.0432. The summed E-state index contributed by atoms with van der Waals surface area (Å²) in [6, 6.07) is 10.0. The van der Waals surface area contributed by atoms with E-state index in [1.54, 1.807) is 38.1 Å². The fourth-order valence-electron chi connectivity index (χ4n) is 2.24. The van der Waals surface area contributed by atoms with Crippen LogP contribution in [0.3, 0.4) is 0 Å². The third kappa shape index (κ3) is 4.05. The van der Waals surface area contributed by atoms with Gasteiger partial charge in [0.15, 0.2) is 11.5 Å². The second-order valence-electron chi connectivity index (χ2n) is 5.78. The van der Waals surface area contributed by atoms with Gasteiger partial charge < -0.3 is 14.8 Å². The van der Waals surface area contributed by atoms with Crippen LogP contribution in [0.4, 0.5) is 10.5 Å². The highest BCUT2D eigenvalue weighted by molar-refractivity contribution is 9.10. The molecule has 0 saturated carbocycles. The smallest absolute Gasteiger partial charge is 0.333 e. The summed E-state index contributed by atoms with van der Waals surface area (Å²) in [6.07, 6.45) is 0. The van der Waals surface area contributed by atoms with Crippen LogP contribution in [-0.4, -0.2) is 20.2 Å². The molecule has 1 aliphatic rings. The Labute approximate surface area is 153 Å². The second-order valence-corrected chi connectivity index (χ2v) is 8.38. The zero-order chi connectivity index (χ0) is 18.2. The van der Waals surface area contributed by atoms with E-state index < -0.39 is 21.8 Å². The minimum absolute atomic E-state index is 0.0986. The zero-order valence-electron chi connectivity index (χ0n) is 13.4. The van der Waals surface area contributed by atoms with Crippen molar-refractivity contribution < 1.29 is 22.7 Å². The fraction of sp³-hybridized carbons (Fsp3) is 0.188. The van der Waals surface area contributed by atoms with Crippen LogP contribution in [0.5, 0.6) is 11.5 Å². The van der Waals surface area contributed by atoms with Crippen molar-refractivity contribution in [3.05, 3.63) is 46.9 Å². The Morgan fingerprint density at radius 2 is 1.68 bits per heavy atom. The van der Waals surface area contributed by atoms with Gasteiger partial charge in [-0.15, -0.1) is 0 Å². The Morgan fingerprint density at radius 3 is 2.36 bits per heavy atom. The number of amides is 2. The number of anilines is 1. The maximum atomic E-state index is 12.4. The van der Waals surface area contributed by atoms with Crippen LogP contribution >= 0.6 is 15.9 Å². The van der Waals surface area contributed by atoms with Crippen LogP contribution in [-0.2, 0) is 10.0 Å². The van der Waals surface area contributed by atoms with E-state index in [1.807, 2.05) is 4.72 Å². The van der Waals surface area contributed by atoms with Crippen molar-refractivity contribution in [2.75, 3.05) is 5.32 Å². The molecule has 2 N–H and O–H groups in total. The SMILES string of the molecule is CC1(C)Oc2ccc(S(=O)(=O)NC(=O)Nc3ccc(Br)cc3)cc2O1. The highest BCUT2D eigenvalue weighted by Crippen LogP contribution is 2.40. The maximum Gasteiger partial charge on any atom is 0.333 e. The van der Waals surface area contributed by atoms with Gasteiger partial charge in [0.1, 0.15) is 0 Å². The van der Waals surface area contributed by atoms with Crippen molar-refractivity contribution in [2.24, 2.45) is 0 Å². The summed E-state index contributed by atoms with van der Waals surface area (Å²) in [5.41, 5.74) is 0.461. The lowest BCUT2D eigenvalue weighted by atomic mass is 10.3. The van der Waals surface area contributed by atoms with Crippen LogP contribution in [0.1, 0.15) is 13.8 Å². The van der Waals surface area contributed by atoms with Crippen molar-refractivity contribution in [3.8, 4) is 11.5 Å². The number of hydrogen-bond donors (Lipinski definition) is 2. The van der Waals surface area contributed by atoms with Gasteiger partial charge in [0, 0.05) is 30.1 Å². The van der Waals surface area contributed by atoms with Gasteiger partial charge in [0.05, 0.1) is 4.90 Å². The molecule has 1 heterocycles. The monoisotopic (exact) mass is 426 g/mol. The number of carbonyl (C=O) groups excluding carboxylic acids is 1. The average Bonchev–Trinajstić information content (AvgIpc) is 2.81. The van der Waals surface area contributed by atoms with Gasteiger partial charge in [0.25, 0.3) is 10.0 Å². The van der Waals surface area contributed by atoms with Gasteiger partial charge >= 0.3 is 6.03 Å². The van der Waals surface area contributed by atoms with Crippen molar-refractivity contribution >= 4 is 37.7 Å². The quantitative estimate of drug-likeness (QED) is 0.783. The normalized spacial score (nSPS) is 14.8. The summed E-state index contributed by atoms with van der Waals surface area (Å²) in [4.78, 5) is 11.9. The third-order valence-corrected chi connectivity index (χ3v) is 5.12. The second kappa shape index (κ2) is 6.23. The molecule has 25 heavy (non-hydrogen) atoms. The molecule has 0 aromatic heterocycles. The van der Waals surface area contributed by atoms with E-state index in [0.29, 0.717) is 17.2 Å². The first-order chi connectivity index (χ1) is 11.6. The Kier molecular flexibility index (Phi) is 4.38. The molecule has 7 nitrogen and oxygen atoms in total. The molecule has 0 atom stereocenters. The summed E-state index contributed by atoms with van der Waals surface area (Å²) < 4.78 is 38.6. The van der Waals surface area contributed by atoms with Crippen molar-refractivity contribution in [3.63, 3.8) is 0 Å². The predicted octanol–water partition coefficient (Wildman–Crippen LogP) is 3.47. The molecule has 3 rings (SSSR count). The first kappa shape index (κ1) is 17.6. The summed E-state index contributed by atoms with van der Waals surface area (Å²) in [5, 5.41) is 2.45. The number of rotatable bonds is 3. The molecule has 132 valence electrons. The predicted molar refractivity (Wildman–Crippen MR) is 95.3 cm³/mol. The van der Waals surface area contributed by atoms with E-state index in [4.69, 9.17) is 9.47 Å². The van der Waals surface area contributed by atoms with E-state index in [1.165, 1.54) is 18.2 Å². The topological polar surface area (TPSA) is 93.7 Å². The standard InChI is InChI=1S/C16H15BrN2O5S/c1-16(2)23-13-8-7-12(9-14(13)24-16)25(21,22)19-15(20)18-11-5-3-10(17)4-6-11/h3-9H,1-2H3,(H2,18,19,20). The van der Waals surface area contributed by atoms with Gasteiger partial charge in [-0.25, -0.2) is 17.9 Å². The zero-order valence-corrected chi connectivity index (χ0v) is 15.8. The van der Waals surface area contributed by atoms with E-state index >= 15 is 0 Å². The number of halogens is 1. The molecule has 0 bridgehead atoms. The maximum absolute atomic E-state index is 12.4. The molecule has 1 aliphatic heterocycles. The molecule has 0 saturated heterocycles. The van der Waals surface area contributed by atoms with Crippen molar-refractivity contribution in [2.45, 2.75) is 24.5 Å². The van der Waals surface area contributed by atoms with Crippen molar-refractivity contribution in [1.29, 1.82) is 0 Å². The molecule has 9 heteroatoms. The number of fused-ring (bicyclic) bond motifs is 1. The first-order valence-corrected chi connectivity index (χ1v) is 9.54. The number of benzene rings is 2. The number of nitrogens with one attached hydrogen (secondary N) is 2. The first-order valence-electron chi connectivity index (χ1n) is 7.26. The largest absolute Gasteiger partial charge is 0.449 e. The van der Waals surface area contributed by atoms with Crippen LogP contribution in [0, 0.1) is 0 Å². The Balaban J connectivity index is 1.74. The summed E-state index contributed by atoms with van der Waals surface area (Å²) in [6.45, 7) is 3.43. The van der Waals surface area contributed by atoms with E-state index in [0.717, 1.165) is 4.47 Å². The molecule has 2 amide bonds. The molecular formula is C16H15BrN2O5S. The Bertz CT molecular complexity index is 926. The number of sulfonamides is 1. The molecule has 0 spiro atoms. The molecule has 2 aromatic carbocycles. The van der Waals surface area contributed by atoms with Crippen LogP contribution in [0.25, 0.3) is 0 Å². The molecule has 0 unspecified atom stereocenters. The average molecular weight is 427 g/mol. The van der Waals surface area contributed by atoms with Gasteiger partial charge in [-0.05, 0) is 36.4 Å². The minimum Gasteiger partial charge on any atom is -0.449 e. The highest BCUT2D eigenvalue weighted by Gasteiger charge is 2.33. The Morgan fingerprint density at radius 1 is 1.04 bits per heavy atom. The summed E-state index contributed by atoms with van der Waals surface area (Å²) >= 11 is 3.28. The van der Waals surface area contributed by atoms with E-state index in [2.05, 4.69) is 21.2 Å². The highest BCUT2D eigenvalue weighted by atomic mass is 79.9. The van der Waals surface area contributed by atoms with Gasteiger partial charge in [0.2, 0.25) is 5.79 Å². The third-order valence-electron chi connectivity index (χ3n) is 3.27. The van der Waals surface area contributed by atoms with Gasteiger partial charge in [-0.3, -0.25) is 0 Å². The van der Waals surface area contributed by atoms with Gasteiger partial charge in [-0.2, -0.15) is 0 Å². The van der Waals surface area contributed by atoms with Crippen molar-refractivity contribution in [1.82, 2.24) is 4.72 Å². The van der Waals surface area contributed by atoms with Crippen LogP contribution in [0.2, 0.25) is 0 Å². The fourth-order valence-corrected chi connectivity index (χ4v) is 3.43. The number of hydrogen-bond acceptors (Lipinski definition) is 5. The summed E-state index contributed by atoms with van der Waals surface area (Å²) in [7, 11) is -4.05. The molecule has 2 aromatic rings. The van der Waals surface area contributed by atoms with E-state index in [9.17, 15) is 13.2 Å². The number of urea groups is 1. The summed E-state index contributed by atoms with van der Waals surface area (Å²) in [5.74, 6) is -0.110. The minimum atomic E-state index is -4.05. The van der Waals surface area contributed by atoms with Crippen LogP contribution < -0.4 is 19.5 Å². The molecule has 0 aliphatic carbocycles. The molecular weight excluding hydrogens is 412 g/mol. The number of carbonyl (C=O) groups is 1. The molecule has 0 radical (unpaired) electrons. The van der Waals surface area contributed by atoms with E-state index in [-0.39, 0.29) is 4.90 Å². The number of ether oxygens (including phenoxy) is 2. The Hall–Kier alpha value is -2.26. The van der Waals surface area contributed by atoms with Gasteiger partial charge in [-0.1, -0.05) is 15.9 Å².